The number of aliphatic hydroxyl groups is 1. The minimum absolute atomic E-state index is 0.0341. The second-order valence-electron chi connectivity index (χ2n) is 7.63. The van der Waals surface area contributed by atoms with Gasteiger partial charge in [-0.25, -0.2) is 0 Å². The quantitative estimate of drug-likeness (QED) is 0.492. The molecule has 0 spiro atoms. The number of rotatable bonds is 1. The van der Waals surface area contributed by atoms with Gasteiger partial charge in [0.05, 0.1) is 22.8 Å². The van der Waals surface area contributed by atoms with Crippen LogP contribution in [0.3, 0.4) is 0 Å². The largest absolute Gasteiger partial charge is 0.389 e. The van der Waals surface area contributed by atoms with Crippen molar-refractivity contribution in [2.75, 3.05) is 0 Å². The van der Waals surface area contributed by atoms with Crippen LogP contribution in [-0.4, -0.2) is 9.67 Å². The average Bonchev–Trinajstić information content (AvgIpc) is 2.94. The van der Waals surface area contributed by atoms with Crippen LogP contribution >= 0.6 is 0 Å². The second kappa shape index (κ2) is 4.74. The fourth-order valence-corrected chi connectivity index (χ4v) is 4.44. The third-order valence-corrected chi connectivity index (χ3v) is 5.79. The predicted octanol–water partition coefficient (Wildman–Crippen LogP) is 5.48. The van der Waals surface area contributed by atoms with Crippen LogP contribution in [0.15, 0.2) is 60.7 Å². The standard InChI is InChI=1S/C23H21NO/c1-14(25)15-11-12-20-17(13-15)16-7-6-9-19-22(16)24(20)21-10-5-4-8-18(21)23(19,2)3/h4-14,25H,1-3H3/t14-/m1/s1. The highest BCUT2D eigenvalue weighted by Crippen LogP contribution is 2.47. The first kappa shape index (κ1) is 14.7. The molecule has 4 aromatic rings. The molecular weight excluding hydrogens is 306 g/mol. The first-order chi connectivity index (χ1) is 12.0. The molecule has 1 atom stereocenters. The van der Waals surface area contributed by atoms with Crippen LogP contribution in [0, 0.1) is 0 Å². The van der Waals surface area contributed by atoms with Crippen molar-refractivity contribution >= 4 is 21.8 Å². The van der Waals surface area contributed by atoms with Crippen molar-refractivity contribution in [3.05, 3.63) is 77.4 Å². The maximum Gasteiger partial charge on any atom is 0.0762 e. The van der Waals surface area contributed by atoms with Gasteiger partial charge in [0.1, 0.15) is 0 Å². The van der Waals surface area contributed by atoms with Gasteiger partial charge in [0, 0.05) is 16.2 Å². The van der Waals surface area contributed by atoms with Gasteiger partial charge in [0.25, 0.3) is 0 Å². The molecule has 0 radical (unpaired) electrons. The highest BCUT2D eigenvalue weighted by atomic mass is 16.3. The fraction of sp³-hybridized carbons (Fsp3) is 0.217. The zero-order valence-electron chi connectivity index (χ0n) is 14.7. The van der Waals surface area contributed by atoms with E-state index in [9.17, 15) is 5.11 Å². The molecule has 2 heteroatoms. The Labute approximate surface area is 147 Å². The van der Waals surface area contributed by atoms with Crippen molar-refractivity contribution in [2.45, 2.75) is 32.3 Å². The molecule has 2 heterocycles. The Kier molecular flexibility index (Phi) is 2.79. The number of benzene rings is 3. The molecule has 0 unspecified atom stereocenters. The molecule has 0 amide bonds. The second-order valence-corrected chi connectivity index (χ2v) is 7.63. The van der Waals surface area contributed by atoms with Crippen LogP contribution in [-0.2, 0) is 5.41 Å². The third-order valence-electron chi connectivity index (χ3n) is 5.79. The van der Waals surface area contributed by atoms with E-state index in [1.54, 1.807) is 0 Å². The van der Waals surface area contributed by atoms with Crippen LogP contribution < -0.4 is 0 Å². The lowest BCUT2D eigenvalue weighted by molar-refractivity contribution is 0.199. The minimum Gasteiger partial charge on any atom is -0.389 e. The summed E-state index contributed by atoms with van der Waals surface area (Å²) in [6, 6.07) is 21.6. The number of aromatic nitrogens is 1. The molecule has 1 aromatic heterocycles. The van der Waals surface area contributed by atoms with E-state index < -0.39 is 6.10 Å². The molecular formula is C23H21NO. The SMILES string of the molecule is C[C@@H](O)c1ccc2c(c1)c1cccc3c1n2-c1ccccc1C3(C)C. The summed E-state index contributed by atoms with van der Waals surface area (Å²) in [6.07, 6.45) is -0.458. The van der Waals surface area contributed by atoms with Crippen molar-refractivity contribution in [3.63, 3.8) is 0 Å². The zero-order valence-corrected chi connectivity index (χ0v) is 14.7. The topological polar surface area (TPSA) is 25.2 Å². The summed E-state index contributed by atoms with van der Waals surface area (Å²) in [7, 11) is 0. The molecule has 0 saturated carbocycles. The van der Waals surface area contributed by atoms with Gasteiger partial charge >= 0.3 is 0 Å². The molecule has 0 bridgehead atoms. The lowest BCUT2D eigenvalue weighted by atomic mass is 9.75. The molecule has 124 valence electrons. The molecule has 5 rings (SSSR count). The molecule has 25 heavy (non-hydrogen) atoms. The van der Waals surface area contributed by atoms with E-state index in [2.05, 4.69) is 73.0 Å². The molecule has 1 aliphatic heterocycles. The van der Waals surface area contributed by atoms with Gasteiger partial charge < -0.3 is 9.67 Å². The van der Waals surface area contributed by atoms with E-state index in [0.717, 1.165) is 5.56 Å². The molecule has 2 nitrogen and oxygen atoms in total. The molecule has 0 saturated heterocycles. The van der Waals surface area contributed by atoms with Gasteiger partial charge in [-0.2, -0.15) is 0 Å². The van der Waals surface area contributed by atoms with Crippen LogP contribution in [0.25, 0.3) is 27.5 Å². The molecule has 0 aliphatic carbocycles. The van der Waals surface area contributed by atoms with Crippen molar-refractivity contribution in [1.29, 1.82) is 0 Å². The van der Waals surface area contributed by atoms with Crippen molar-refractivity contribution < 1.29 is 5.11 Å². The first-order valence-electron chi connectivity index (χ1n) is 8.85. The zero-order chi connectivity index (χ0) is 17.3. The summed E-state index contributed by atoms with van der Waals surface area (Å²) >= 11 is 0. The number of nitrogens with zero attached hydrogens (tertiary/aromatic N) is 1. The third kappa shape index (κ3) is 1.78. The lowest BCUT2D eigenvalue weighted by Crippen LogP contribution is -2.26. The Hall–Kier alpha value is -2.58. The number of fused-ring (bicyclic) bond motifs is 5. The number of hydrogen-bond acceptors (Lipinski definition) is 1. The monoisotopic (exact) mass is 327 g/mol. The molecule has 1 aliphatic rings. The smallest absolute Gasteiger partial charge is 0.0762 e. The fourth-order valence-electron chi connectivity index (χ4n) is 4.44. The van der Waals surface area contributed by atoms with Crippen molar-refractivity contribution in [2.24, 2.45) is 0 Å². The van der Waals surface area contributed by atoms with Gasteiger partial charge in [-0.3, -0.25) is 0 Å². The summed E-state index contributed by atoms with van der Waals surface area (Å²) in [4.78, 5) is 0. The van der Waals surface area contributed by atoms with E-state index in [4.69, 9.17) is 0 Å². The summed E-state index contributed by atoms with van der Waals surface area (Å²) in [6.45, 7) is 6.44. The van der Waals surface area contributed by atoms with Gasteiger partial charge in [-0.15, -0.1) is 0 Å². The maximum absolute atomic E-state index is 10.0. The number of para-hydroxylation sites is 2. The summed E-state index contributed by atoms with van der Waals surface area (Å²) in [5, 5.41) is 12.5. The Morgan fingerprint density at radius 1 is 0.880 bits per heavy atom. The van der Waals surface area contributed by atoms with E-state index in [-0.39, 0.29) is 5.41 Å². The van der Waals surface area contributed by atoms with Gasteiger partial charge in [0.15, 0.2) is 0 Å². The summed E-state index contributed by atoms with van der Waals surface area (Å²) < 4.78 is 2.40. The normalized spacial score (nSPS) is 16.2. The minimum atomic E-state index is -0.458. The Morgan fingerprint density at radius 2 is 1.64 bits per heavy atom. The van der Waals surface area contributed by atoms with Gasteiger partial charge in [-0.05, 0) is 41.8 Å². The van der Waals surface area contributed by atoms with Crippen LogP contribution in [0.1, 0.15) is 43.6 Å². The average molecular weight is 327 g/mol. The summed E-state index contributed by atoms with van der Waals surface area (Å²) in [5.74, 6) is 0. The van der Waals surface area contributed by atoms with Crippen molar-refractivity contribution in [1.82, 2.24) is 4.57 Å². The van der Waals surface area contributed by atoms with E-state index in [1.165, 1.54) is 38.6 Å². The number of aliphatic hydroxyl groups excluding tert-OH is 1. The van der Waals surface area contributed by atoms with Crippen LogP contribution in [0.4, 0.5) is 0 Å². The molecule has 1 N–H and O–H groups in total. The van der Waals surface area contributed by atoms with E-state index >= 15 is 0 Å². The molecule has 3 aromatic carbocycles. The Bertz CT molecular complexity index is 1150. The Morgan fingerprint density at radius 3 is 2.44 bits per heavy atom. The highest BCUT2D eigenvalue weighted by molar-refractivity contribution is 6.11. The lowest BCUT2D eigenvalue weighted by Gasteiger charge is -2.34. The van der Waals surface area contributed by atoms with Gasteiger partial charge in [-0.1, -0.05) is 56.3 Å². The number of hydrogen-bond donors (Lipinski definition) is 1. The highest BCUT2D eigenvalue weighted by Gasteiger charge is 2.34. The Balaban J connectivity index is 2.04. The van der Waals surface area contributed by atoms with Crippen molar-refractivity contribution in [3.8, 4) is 5.69 Å². The van der Waals surface area contributed by atoms with Crippen LogP contribution in [0.2, 0.25) is 0 Å². The van der Waals surface area contributed by atoms with Gasteiger partial charge in [0.2, 0.25) is 0 Å². The molecule has 0 fully saturated rings. The van der Waals surface area contributed by atoms with E-state index in [0.29, 0.717) is 0 Å². The predicted molar refractivity (Wildman–Crippen MR) is 104 cm³/mol. The van der Waals surface area contributed by atoms with E-state index in [1.807, 2.05) is 13.0 Å². The maximum atomic E-state index is 10.0. The first-order valence-corrected chi connectivity index (χ1v) is 8.85. The van der Waals surface area contributed by atoms with Crippen LogP contribution in [0.5, 0.6) is 0 Å². The summed E-state index contributed by atoms with van der Waals surface area (Å²) in [5.41, 5.74) is 7.40.